The van der Waals surface area contributed by atoms with Gasteiger partial charge in [-0.15, -0.1) is 0 Å². The molecule has 0 spiro atoms. The largest absolute Gasteiger partial charge is 0.481 e. The minimum absolute atomic E-state index is 0.0131. The number of nitrogens with one attached hydrogen (secondary N) is 1. The number of aliphatic carboxylic acids is 1. The zero-order valence-corrected chi connectivity index (χ0v) is 11.0. The first-order chi connectivity index (χ1) is 9.40. The molecule has 1 aromatic rings. The maximum Gasteiger partial charge on any atom is 0.317 e. The molecule has 0 saturated heterocycles. The van der Waals surface area contributed by atoms with Gasteiger partial charge in [0.05, 0.1) is 0 Å². The Hall–Kier alpha value is -2.18. The molecule has 7 heteroatoms. The van der Waals surface area contributed by atoms with Crippen LogP contribution in [0.15, 0.2) is 18.2 Å². The van der Waals surface area contributed by atoms with E-state index in [0.717, 1.165) is 12.1 Å². The molecule has 0 saturated carbocycles. The number of halogens is 2. The average molecular weight is 286 g/mol. The zero-order chi connectivity index (χ0) is 15.1. The number of rotatable bonds is 6. The van der Waals surface area contributed by atoms with Crippen molar-refractivity contribution < 1.29 is 23.5 Å². The summed E-state index contributed by atoms with van der Waals surface area (Å²) >= 11 is 0. The summed E-state index contributed by atoms with van der Waals surface area (Å²) in [4.78, 5) is 23.3. The van der Waals surface area contributed by atoms with Crippen molar-refractivity contribution in [1.29, 1.82) is 0 Å². The van der Waals surface area contributed by atoms with Gasteiger partial charge in [0.15, 0.2) is 11.6 Å². The summed E-state index contributed by atoms with van der Waals surface area (Å²) in [6.07, 6.45) is 0.339. The number of nitrogens with zero attached hydrogens (tertiary/aromatic N) is 1. The topological polar surface area (TPSA) is 69.6 Å². The molecule has 0 fully saturated rings. The molecule has 2 N–H and O–H groups in total. The minimum Gasteiger partial charge on any atom is -0.481 e. The van der Waals surface area contributed by atoms with Crippen LogP contribution >= 0.6 is 0 Å². The van der Waals surface area contributed by atoms with Crippen molar-refractivity contribution in [3.05, 3.63) is 35.4 Å². The Labute approximate surface area is 115 Å². The van der Waals surface area contributed by atoms with Crippen LogP contribution in [-0.2, 0) is 11.3 Å². The molecule has 5 nitrogen and oxygen atoms in total. The second kappa shape index (κ2) is 7.42. The van der Waals surface area contributed by atoms with E-state index in [2.05, 4.69) is 5.32 Å². The number of hydrogen-bond acceptors (Lipinski definition) is 2. The van der Waals surface area contributed by atoms with Gasteiger partial charge in [0.2, 0.25) is 0 Å². The highest BCUT2D eigenvalue weighted by atomic mass is 19.2. The maximum atomic E-state index is 13.0. The highest BCUT2D eigenvalue weighted by molar-refractivity contribution is 5.74. The van der Waals surface area contributed by atoms with E-state index >= 15 is 0 Å². The fourth-order valence-corrected chi connectivity index (χ4v) is 1.53. The predicted molar refractivity (Wildman–Crippen MR) is 68.1 cm³/mol. The van der Waals surface area contributed by atoms with Crippen LogP contribution in [0.2, 0.25) is 0 Å². The lowest BCUT2D eigenvalue weighted by Gasteiger charge is -2.17. The van der Waals surface area contributed by atoms with Gasteiger partial charge in [-0.3, -0.25) is 4.79 Å². The SMILES string of the molecule is CN(CCCC(=O)O)C(=O)NCc1ccc(F)c(F)c1. The first-order valence-corrected chi connectivity index (χ1v) is 6.05. The molecule has 0 aliphatic carbocycles. The van der Waals surface area contributed by atoms with E-state index in [1.54, 1.807) is 0 Å². The molecule has 0 aromatic heterocycles. The number of amides is 2. The van der Waals surface area contributed by atoms with Crippen LogP contribution in [0.3, 0.4) is 0 Å². The van der Waals surface area contributed by atoms with Gasteiger partial charge in [0, 0.05) is 26.6 Å². The standard InChI is InChI=1S/C13H16F2N2O3/c1-17(6-2-3-12(18)19)13(20)16-8-9-4-5-10(14)11(15)7-9/h4-5,7H,2-3,6,8H2,1H3,(H,16,20)(H,18,19). The van der Waals surface area contributed by atoms with Crippen LogP contribution in [0, 0.1) is 11.6 Å². The van der Waals surface area contributed by atoms with Crippen LogP contribution in [0.1, 0.15) is 18.4 Å². The number of benzene rings is 1. The van der Waals surface area contributed by atoms with Gasteiger partial charge in [0.25, 0.3) is 0 Å². The Morgan fingerprint density at radius 2 is 2.00 bits per heavy atom. The molecule has 20 heavy (non-hydrogen) atoms. The molecule has 110 valence electrons. The van der Waals surface area contributed by atoms with Crippen molar-refractivity contribution in [3.63, 3.8) is 0 Å². The van der Waals surface area contributed by atoms with Gasteiger partial charge >= 0.3 is 12.0 Å². The number of hydrogen-bond donors (Lipinski definition) is 2. The third-order valence-electron chi connectivity index (χ3n) is 2.66. The number of carbonyl (C=O) groups is 2. The molecule has 1 aromatic carbocycles. The summed E-state index contributed by atoms with van der Waals surface area (Å²) in [6, 6.07) is 2.98. The average Bonchev–Trinajstić information content (AvgIpc) is 2.39. The summed E-state index contributed by atoms with van der Waals surface area (Å²) in [7, 11) is 1.53. The lowest BCUT2D eigenvalue weighted by Crippen LogP contribution is -2.37. The van der Waals surface area contributed by atoms with E-state index < -0.39 is 23.6 Å². The van der Waals surface area contributed by atoms with Crippen LogP contribution in [0.5, 0.6) is 0 Å². The highest BCUT2D eigenvalue weighted by Gasteiger charge is 2.09. The molecular weight excluding hydrogens is 270 g/mol. The molecule has 0 unspecified atom stereocenters. The smallest absolute Gasteiger partial charge is 0.317 e. The molecule has 0 atom stereocenters. The lowest BCUT2D eigenvalue weighted by molar-refractivity contribution is -0.137. The Morgan fingerprint density at radius 1 is 1.30 bits per heavy atom. The molecule has 1 rings (SSSR count). The van der Waals surface area contributed by atoms with E-state index in [0.29, 0.717) is 18.5 Å². The van der Waals surface area contributed by atoms with Gasteiger partial charge in [-0.1, -0.05) is 6.07 Å². The van der Waals surface area contributed by atoms with E-state index in [1.165, 1.54) is 18.0 Å². The summed E-state index contributed by atoms with van der Waals surface area (Å²) in [5, 5.41) is 11.0. The Bertz CT molecular complexity index is 495. The number of carboxylic acids is 1. The molecular formula is C13H16F2N2O3. The van der Waals surface area contributed by atoms with Crippen molar-refractivity contribution in [1.82, 2.24) is 10.2 Å². The van der Waals surface area contributed by atoms with Crippen molar-refractivity contribution in [2.75, 3.05) is 13.6 Å². The quantitative estimate of drug-likeness (QED) is 0.840. The van der Waals surface area contributed by atoms with Crippen LogP contribution in [0.25, 0.3) is 0 Å². The monoisotopic (exact) mass is 286 g/mol. The number of urea groups is 1. The number of carboxylic acid groups (broad SMARTS) is 1. The van der Waals surface area contributed by atoms with E-state index in [1.807, 2.05) is 0 Å². The van der Waals surface area contributed by atoms with Gasteiger partial charge in [-0.25, -0.2) is 13.6 Å². The lowest BCUT2D eigenvalue weighted by atomic mass is 10.2. The fraction of sp³-hybridized carbons (Fsp3) is 0.385. The second-order valence-electron chi connectivity index (χ2n) is 4.33. The molecule has 0 aliphatic rings. The van der Waals surface area contributed by atoms with Gasteiger partial charge < -0.3 is 15.3 Å². The number of carbonyl (C=O) groups excluding carboxylic acids is 1. The minimum atomic E-state index is -0.966. The van der Waals surface area contributed by atoms with Crippen molar-refractivity contribution in [2.45, 2.75) is 19.4 Å². The van der Waals surface area contributed by atoms with Crippen LogP contribution in [-0.4, -0.2) is 35.6 Å². The van der Waals surface area contributed by atoms with Gasteiger partial charge in [0.1, 0.15) is 0 Å². The Kier molecular flexibility index (Phi) is 5.89. The van der Waals surface area contributed by atoms with E-state index in [9.17, 15) is 18.4 Å². The van der Waals surface area contributed by atoms with Gasteiger partial charge in [-0.05, 0) is 24.1 Å². The second-order valence-corrected chi connectivity index (χ2v) is 4.33. The highest BCUT2D eigenvalue weighted by Crippen LogP contribution is 2.08. The summed E-state index contributed by atoms with van der Waals surface area (Å²) in [5.74, 6) is -2.82. The third kappa shape index (κ3) is 5.21. The van der Waals surface area contributed by atoms with E-state index in [-0.39, 0.29) is 13.0 Å². The van der Waals surface area contributed by atoms with E-state index in [4.69, 9.17) is 5.11 Å². The fourth-order valence-electron chi connectivity index (χ4n) is 1.53. The van der Waals surface area contributed by atoms with Crippen molar-refractivity contribution >= 4 is 12.0 Å². The summed E-state index contributed by atoms with van der Waals surface area (Å²) in [6.45, 7) is 0.370. The van der Waals surface area contributed by atoms with Crippen LogP contribution in [0.4, 0.5) is 13.6 Å². The molecule has 0 radical (unpaired) electrons. The third-order valence-corrected chi connectivity index (χ3v) is 2.66. The Morgan fingerprint density at radius 3 is 2.60 bits per heavy atom. The first-order valence-electron chi connectivity index (χ1n) is 6.05. The van der Waals surface area contributed by atoms with Crippen LogP contribution < -0.4 is 5.32 Å². The maximum absolute atomic E-state index is 13.0. The summed E-state index contributed by atoms with van der Waals surface area (Å²) < 4.78 is 25.7. The Balaban J connectivity index is 2.38. The summed E-state index contributed by atoms with van der Waals surface area (Å²) in [5.41, 5.74) is 0.441. The molecule has 0 heterocycles. The zero-order valence-electron chi connectivity index (χ0n) is 11.0. The normalized spacial score (nSPS) is 10.2. The first kappa shape index (κ1) is 15.9. The van der Waals surface area contributed by atoms with Crippen molar-refractivity contribution in [3.8, 4) is 0 Å². The molecule has 2 amide bonds. The predicted octanol–water partition coefficient (Wildman–Crippen LogP) is 1.97. The molecule has 0 bridgehead atoms. The van der Waals surface area contributed by atoms with Crippen molar-refractivity contribution in [2.24, 2.45) is 0 Å². The van der Waals surface area contributed by atoms with Gasteiger partial charge in [-0.2, -0.15) is 0 Å². The molecule has 0 aliphatic heterocycles.